The fraction of sp³-hybridized carbons (Fsp3) is 1.00. The van der Waals surface area contributed by atoms with Gasteiger partial charge in [0.1, 0.15) is 0 Å². The van der Waals surface area contributed by atoms with Gasteiger partial charge in [-0.1, -0.05) is 6.92 Å². The van der Waals surface area contributed by atoms with E-state index in [1.54, 1.807) is 0 Å². The van der Waals surface area contributed by atoms with Gasteiger partial charge in [0, 0.05) is 33.2 Å². The van der Waals surface area contributed by atoms with Crippen LogP contribution in [0.3, 0.4) is 0 Å². The van der Waals surface area contributed by atoms with Gasteiger partial charge in [-0.2, -0.15) is 0 Å². The van der Waals surface area contributed by atoms with Crippen molar-refractivity contribution in [3.05, 3.63) is 0 Å². The van der Waals surface area contributed by atoms with Gasteiger partial charge in [0.05, 0.1) is 6.10 Å². The van der Waals surface area contributed by atoms with E-state index >= 15 is 0 Å². The van der Waals surface area contributed by atoms with Crippen LogP contribution in [0.5, 0.6) is 0 Å². The molecule has 0 radical (unpaired) electrons. The molecule has 12 heavy (non-hydrogen) atoms. The zero-order valence-electron chi connectivity index (χ0n) is 8.07. The van der Waals surface area contributed by atoms with Crippen molar-refractivity contribution >= 4 is 0 Å². The lowest BCUT2D eigenvalue weighted by atomic mass is 9.94. The van der Waals surface area contributed by atoms with Crippen LogP contribution < -0.4 is 5.73 Å². The Morgan fingerprint density at radius 3 is 2.42 bits per heavy atom. The van der Waals surface area contributed by atoms with Crippen molar-refractivity contribution in [2.45, 2.75) is 19.1 Å². The highest BCUT2D eigenvalue weighted by Crippen LogP contribution is 2.15. The molecular weight excluding hydrogens is 154 g/mol. The molecule has 1 rings (SSSR count). The third-order valence-corrected chi connectivity index (χ3v) is 2.51. The number of aliphatic hydroxyl groups excluding tert-OH is 1. The van der Waals surface area contributed by atoms with Crippen molar-refractivity contribution in [1.29, 1.82) is 0 Å². The number of nitrogens with zero attached hydrogens (tertiary/aromatic N) is 2. The lowest BCUT2D eigenvalue weighted by Crippen LogP contribution is -2.58. The summed E-state index contributed by atoms with van der Waals surface area (Å²) in [5.74, 6) is 0.260. The van der Waals surface area contributed by atoms with Gasteiger partial charge in [-0.3, -0.25) is 0 Å². The second-order valence-electron chi connectivity index (χ2n) is 3.85. The van der Waals surface area contributed by atoms with Gasteiger partial charge >= 0.3 is 0 Å². The first-order valence-electron chi connectivity index (χ1n) is 4.38. The molecule has 3 unspecified atom stereocenters. The van der Waals surface area contributed by atoms with Crippen LogP contribution in [0.2, 0.25) is 0 Å². The van der Waals surface area contributed by atoms with Crippen molar-refractivity contribution in [3.63, 3.8) is 0 Å². The molecule has 0 saturated carbocycles. The van der Waals surface area contributed by atoms with Crippen molar-refractivity contribution in [2.24, 2.45) is 11.7 Å². The molecule has 1 saturated heterocycles. The van der Waals surface area contributed by atoms with E-state index in [1.165, 1.54) is 0 Å². The lowest BCUT2D eigenvalue weighted by molar-refractivity contribution is -0.0676. The molecule has 0 aromatic rings. The number of rotatable bonds is 1. The van der Waals surface area contributed by atoms with Crippen LogP contribution in [0.1, 0.15) is 6.92 Å². The summed E-state index contributed by atoms with van der Waals surface area (Å²) in [6.07, 6.45) is -0.346. The second kappa shape index (κ2) is 3.70. The summed E-state index contributed by atoms with van der Waals surface area (Å²) in [6, 6.07) is -0.115. The fourth-order valence-electron chi connectivity index (χ4n) is 1.61. The first-order valence-corrected chi connectivity index (χ1v) is 4.38. The van der Waals surface area contributed by atoms with Gasteiger partial charge in [-0.05, 0) is 5.92 Å². The summed E-state index contributed by atoms with van der Waals surface area (Å²) in [7, 11) is 3.99. The molecule has 0 aromatic heterocycles. The largest absolute Gasteiger partial charge is 0.391 e. The van der Waals surface area contributed by atoms with E-state index in [0.29, 0.717) is 0 Å². The maximum Gasteiger partial charge on any atom is 0.0742 e. The molecule has 1 aliphatic rings. The number of hydrogen-bond acceptors (Lipinski definition) is 4. The van der Waals surface area contributed by atoms with Gasteiger partial charge in [0.2, 0.25) is 0 Å². The Balaban J connectivity index is 2.53. The maximum absolute atomic E-state index is 9.58. The summed E-state index contributed by atoms with van der Waals surface area (Å²) in [4.78, 5) is 0. The predicted molar refractivity (Wildman–Crippen MR) is 48.4 cm³/mol. The fourth-order valence-corrected chi connectivity index (χ4v) is 1.61. The van der Waals surface area contributed by atoms with Crippen LogP contribution in [-0.4, -0.2) is 54.5 Å². The molecule has 0 aliphatic carbocycles. The summed E-state index contributed by atoms with van der Waals surface area (Å²) in [6.45, 7) is 3.67. The van der Waals surface area contributed by atoms with Crippen LogP contribution in [0.25, 0.3) is 0 Å². The molecule has 0 bridgehead atoms. The van der Waals surface area contributed by atoms with Crippen LogP contribution in [0.15, 0.2) is 0 Å². The van der Waals surface area contributed by atoms with E-state index in [0.717, 1.165) is 13.1 Å². The van der Waals surface area contributed by atoms with E-state index in [4.69, 9.17) is 5.73 Å². The van der Waals surface area contributed by atoms with Crippen molar-refractivity contribution < 1.29 is 5.11 Å². The Labute approximate surface area is 73.9 Å². The average molecular weight is 173 g/mol. The van der Waals surface area contributed by atoms with E-state index in [2.05, 4.69) is 5.01 Å². The molecule has 4 heteroatoms. The Bertz CT molecular complexity index is 139. The summed E-state index contributed by atoms with van der Waals surface area (Å²) in [5, 5.41) is 13.8. The van der Waals surface area contributed by atoms with Gasteiger partial charge in [-0.25, -0.2) is 10.0 Å². The van der Waals surface area contributed by atoms with Crippen LogP contribution in [0.4, 0.5) is 0 Å². The Morgan fingerprint density at radius 1 is 1.42 bits per heavy atom. The standard InChI is InChI=1S/C8H19N3O/c1-6-4-11(10(2)3)5-7(9)8(6)12/h6-8,12H,4-5,9H2,1-3H3. The van der Waals surface area contributed by atoms with E-state index in [9.17, 15) is 5.11 Å². The summed E-state index contributed by atoms with van der Waals surface area (Å²) in [5.41, 5.74) is 5.78. The Hall–Kier alpha value is -0.160. The predicted octanol–water partition coefficient (Wildman–Crippen LogP) is -0.897. The second-order valence-corrected chi connectivity index (χ2v) is 3.85. The monoisotopic (exact) mass is 173 g/mol. The molecule has 4 nitrogen and oxygen atoms in total. The first kappa shape index (κ1) is 9.92. The third kappa shape index (κ3) is 1.95. The van der Waals surface area contributed by atoms with E-state index in [1.807, 2.05) is 26.0 Å². The minimum absolute atomic E-state index is 0.115. The van der Waals surface area contributed by atoms with Crippen molar-refractivity contribution in [1.82, 2.24) is 10.0 Å². The summed E-state index contributed by atoms with van der Waals surface area (Å²) >= 11 is 0. The smallest absolute Gasteiger partial charge is 0.0742 e. The van der Waals surface area contributed by atoms with Crippen LogP contribution in [0, 0.1) is 5.92 Å². The van der Waals surface area contributed by atoms with Crippen LogP contribution >= 0.6 is 0 Å². The molecular formula is C8H19N3O. The average Bonchev–Trinajstić information content (AvgIpc) is 1.99. The van der Waals surface area contributed by atoms with Gasteiger partial charge in [0.25, 0.3) is 0 Å². The minimum Gasteiger partial charge on any atom is -0.391 e. The SMILES string of the molecule is CC1CN(N(C)C)CC(N)C1O. The number of hydrogen-bond donors (Lipinski definition) is 2. The van der Waals surface area contributed by atoms with Gasteiger partial charge in [0.15, 0.2) is 0 Å². The quantitative estimate of drug-likeness (QED) is 0.540. The van der Waals surface area contributed by atoms with Crippen molar-refractivity contribution in [2.75, 3.05) is 27.2 Å². The van der Waals surface area contributed by atoms with E-state index in [-0.39, 0.29) is 18.1 Å². The molecule has 1 heterocycles. The molecule has 0 aromatic carbocycles. The van der Waals surface area contributed by atoms with Gasteiger partial charge in [-0.15, -0.1) is 0 Å². The highest BCUT2D eigenvalue weighted by molar-refractivity contribution is 4.85. The third-order valence-electron chi connectivity index (χ3n) is 2.51. The van der Waals surface area contributed by atoms with Crippen molar-refractivity contribution in [3.8, 4) is 0 Å². The molecule has 3 atom stereocenters. The number of nitrogens with two attached hydrogens (primary N) is 1. The summed E-state index contributed by atoms with van der Waals surface area (Å²) < 4.78 is 0. The number of hydrazine groups is 1. The molecule has 72 valence electrons. The normalized spacial score (nSPS) is 39.0. The Morgan fingerprint density at radius 2 is 2.00 bits per heavy atom. The van der Waals surface area contributed by atoms with Crippen LogP contribution in [-0.2, 0) is 0 Å². The first-order chi connectivity index (χ1) is 5.52. The zero-order chi connectivity index (χ0) is 9.30. The highest BCUT2D eigenvalue weighted by Gasteiger charge is 2.31. The molecule has 0 amide bonds. The maximum atomic E-state index is 9.58. The lowest BCUT2D eigenvalue weighted by Gasteiger charge is -2.41. The van der Waals surface area contributed by atoms with E-state index < -0.39 is 0 Å². The zero-order valence-corrected chi connectivity index (χ0v) is 8.07. The number of piperidine rings is 1. The molecule has 0 spiro atoms. The highest BCUT2D eigenvalue weighted by atomic mass is 16.3. The number of aliphatic hydroxyl groups is 1. The van der Waals surface area contributed by atoms with Gasteiger partial charge < -0.3 is 10.8 Å². The molecule has 3 N–H and O–H groups in total. The minimum atomic E-state index is -0.346. The molecule has 1 aliphatic heterocycles. The topological polar surface area (TPSA) is 52.7 Å². The molecule has 1 fully saturated rings. The Kier molecular flexibility index (Phi) is 3.06.